The van der Waals surface area contributed by atoms with Gasteiger partial charge in [0.1, 0.15) is 11.6 Å². The Hall–Kier alpha value is -3.69. The molecule has 0 aliphatic carbocycles. The minimum Gasteiger partial charge on any atom is -0.449 e. The Morgan fingerprint density at radius 2 is 1.62 bits per heavy atom. The highest BCUT2D eigenvalue weighted by molar-refractivity contribution is 6.43. The Morgan fingerprint density at radius 3 is 2.21 bits per heavy atom. The lowest BCUT2D eigenvalue weighted by Gasteiger charge is -2.41. The predicted molar refractivity (Wildman–Crippen MR) is 157 cm³/mol. The molecule has 0 saturated carbocycles. The van der Waals surface area contributed by atoms with Gasteiger partial charge in [-0.25, -0.2) is 4.79 Å². The third kappa shape index (κ3) is 9.16. The third-order valence-corrected chi connectivity index (χ3v) is 7.60. The van der Waals surface area contributed by atoms with E-state index in [0.29, 0.717) is 38.4 Å². The number of nitrogens with one attached hydrogen (secondary N) is 1. The van der Waals surface area contributed by atoms with Crippen LogP contribution in [0.15, 0.2) is 60.2 Å². The zero-order valence-electron chi connectivity index (χ0n) is 23.7. The summed E-state index contributed by atoms with van der Waals surface area (Å²) in [5.41, 5.74) is 2.48. The number of rotatable bonds is 11. The summed E-state index contributed by atoms with van der Waals surface area (Å²) in [5, 5.41) is 31.9. The molecular weight excluding hydrogens is 537 g/mol. The zero-order chi connectivity index (χ0) is 29.7. The second-order valence-electron chi connectivity index (χ2n) is 10.6. The van der Waals surface area contributed by atoms with E-state index in [1.807, 2.05) is 59.5 Å². The second-order valence-corrected chi connectivity index (χ2v) is 10.6. The summed E-state index contributed by atoms with van der Waals surface area (Å²) < 4.78 is 16.3. The van der Waals surface area contributed by atoms with Crippen molar-refractivity contribution in [3.05, 3.63) is 76.9 Å². The van der Waals surface area contributed by atoms with Gasteiger partial charge in [0.2, 0.25) is 0 Å². The Morgan fingerprint density at radius 1 is 1.00 bits per heavy atom. The van der Waals surface area contributed by atoms with E-state index in [9.17, 15) is 24.9 Å². The summed E-state index contributed by atoms with van der Waals surface area (Å²) >= 11 is 0. The molecule has 0 aromatic heterocycles. The third-order valence-electron chi connectivity index (χ3n) is 7.60. The topological polar surface area (TPSA) is 141 Å². The average molecular weight is 575 g/mol. The molecule has 10 nitrogen and oxygen atoms in total. The largest absolute Gasteiger partial charge is 0.475 e. The highest BCUT2D eigenvalue weighted by Gasteiger charge is 2.34. The minimum atomic E-state index is -1.74. The lowest BCUT2D eigenvalue weighted by atomic mass is 9.76. The van der Waals surface area contributed by atoms with Gasteiger partial charge in [0.05, 0.1) is 12.5 Å². The first-order valence-electron chi connectivity index (χ1n) is 14.5. The minimum absolute atomic E-state index is 0.0277. The fourth-order valence-corrected chi connectivity index (χ4v) is 5.40. The SMILES string of the molecule is N#CC(=Cc1cccc(CCOC(=O)NC(Cc2ccccc2)B(O)O)c1)C(=O)N(C1CCOCC1)C1CCOCC1. The van der Waals surface area contributed by atoms with Crippen LogP contribution in [0.25, 0.3) is 6.08 Å². The number of alkyl carbamates (subject to hydrolysis) is 1. The van der Waals surface area contributed by atoms with Crippen molar-refractivity contribution in [3.8, 4) is 6.07 Å². The van der Waals surface area contributed by atoms with Gasteiger partial charge in [-0.1, -0.05) is 54.6 Å². The van der Waals surface area contributed by atoms with Crippen LogP contribution in [-0.4, -0.2) is 85.1 Å². The predicted octanol–water partition coefficient (Wildman–Crippen LogP) is 2.67. The molecule has 0 radical (unpaired) electrons. The van der Waals surface area contributed by atoms with Gasteiger partial charge in [-0.05, 0) is 54.9 Å². The normalized spacial score (nSPS) is 17.1. The van der Waals surface area contributed by atoms with Crippen LogP contribution in [0.2, 0.25) is 0 Å². The molecule has 1 unspecified atom stereocenters. The molecular formula is C31H38BN3O7. The van der Waals surface area contributed by atoms with E-state index in [2.05, 4.69) is 11.4 Å². The Labute approximate surface area is 247 Å². The van der Waals surface area contributed by atoms with Crippen molar-refractivity contribution in [2.45, 2.75) is 56.5 Å². The molecule has 0 spiro atoms. The number of carbonyl (C=O) groups is 2. The molecule has 4 rings (SSSR count). The van der Waals surface area contributed by atoms with Gasteiger partial charge in [-0.15, -0.1) is 0 Å². The van der Waals surface area contributed by atoms with Crippen molar-refractivity contribution in [2.75, 3.05) is 33.0 Å². The van der Waals surface area contributed by atoms with Crippen LogP contribution in [-0.2, 0) is 31.8 Å². The van der Waals surface area contributed by atoms with Crippen LogP contribution < -0.4 is 5.32 Å². The Kier molecular flexibility index (Phi) is 12.0. The molecule has 3 N–H and O–H groups in total. The molecule has 2 fully saturated rings. The molecule has 42 heavy (non-hydrogen) atoms. The van der Waals surface area contributed by atoms with Gasteiger partial charge in [-0.2, -0.15) is 5.26 Å². The van der Waals surface area contributed by atoms with Crippen LogP contribution in [0.1, 0.15) is 42.4 Å². The lowest BCUT2D eigenvalue weighted by Crippen LogP contribution is -2.51. The van der Waals surface area contributed by atoms with Gasteiger partial charge in [0.25, 0.3) is 5.91 Å². The number of benzene rings is 2. The molecule has 0 bridgehead atoms. The van der Waals surface area contributed by atoms with Crippen molar-refractivity contribution in [3.63, 3.8) is 0 Å². The molecule has 2 heterocycles. The maximum Gasteiger partial charge on any atom is 0.475 e. The van der Waals surface area contributed by atoms with E-state index in [1.165, 1.54) is 0 Å². The first kappa shape index (κ1) is 31.3. The number of nitrogens with zero attached hydrogens (tertiary/aromatic N) is 2. The van der Waals surface area contributed by atoms with Crippen molar-refractivity contribution >= 4 is 25.2 Å². The molecule has 222 valence electrons. The number of ether oxygens (including phenoxy) is 3. The number of carbonyl (C=O) groups excluding carboxylic acids is 2. The standard InChI is InChI=1S/C31H38BN3O7/c33-22-26(30(36)35(27-10-14-40-15-11-27)28-12-16-41-17-13-28)20-25-8-4-7-24(19-25)9-18-42-31(37)34-29(32(38)39)21-23-5-2-1-3-6-23/h1-8,19-20,27-29,38-39H,9-18,21H2,(H,34,37). The quantitative estimate of drug-likeness (QED) is 0.211. The van der Waals surface area contributed by atoms with Crippen molar-refractivity contribution in [1.29, 1.82) is 5.26 Å². The van der Waals surface area contributed by atoms with E-state index in [0.717, 1.165) is 36.8 Å². The van der Waals surface area contributed by atoms with Crippen molar-refractivity contribution in [1.82, 2.24) is 10.2 Å². The molecule has 2 aliphatic rings. The molecule has 11 heteroatoms. The van der Waals surface area contributed by atoms with Crippen LogP contribution >= 0.6 is 0 Å². The second kappa shape index (κ2) is 16.1. The monoisotopic (exact) mass is 575 g/mol. The number of hydrogen-bond acceptors (Lipinski definition) is 8. The van der Waals surface area contributed by atoms with Gasteiger partial charge in [-0.3, -0.25) is 4.79 Å². The van der Waals surface area contributed by atoms with Gasteiger partial charge < -0.3 is 34.5 Å². The van der Waals surface area contributed by atoms with Crippen LogP contribution in [0.3, 0.4) is 0 Å². The van der Waals surface area contributed by atoms with E-state index >= 15 is 0 Å². The van der Waals surface area contributed by atoms with Crippen LogP contribution in [0, 0.1) is 11.3 Å². The number of amides is 2. The smallest absolute Gasteiger partial charge is 0.449 e. The van der Waals surface area contributed by atoms with Gasteiger partial charge in [0.15, 0.2) is 0 Å². The lowest BCUT2D eigenvalue weighted by molar-refractivity contribution is -0.136. The summed E-state index contributed by atoms with van der Waals surface area (Å²) in [6, 6.07) is 18.8. The summed E-state index contributed by atoms with van der Waals surface area (Å²) in [7, 11) is -1.74. The highest BCUT2D eigenvalue weighted by Crippen LogP contribution is 2.26. The first-order chi connectivity index (χ1) is 20.4. The van der Waals surface area contributed by atoms with E-state index < -0.39 is 19.2 Å². The fraction of sp³-hybridized carbons (Fsp3) is 0.452. The number of hydrogen-bond donors (Lipinski definition) is 3. The average Bonchev–Trinajstić information content (AvgIpc) is 3.01. The molecule has 1 atom stereocenters. The Balaban J connectivity index is 1.36. The van der Waals surface area contributed by atoms with E-state index in [4.69, 9.17) is 14.2 Å². The van der Waals surface area contributed by atoms with E-state index in [-0.39, 0.29) is 36.6 Å². The summed E-state index contributed by atoms with van der Waals surface area (Å²) in [6.07, 6.45) is 4.48. The maximum absolute atomic E-state index is 13.7. The maximum atomic E-state index is 13.7. The van der Waals surface area contributed by atoms with Gasteiger partial charge >= 0.3 is 13.2 Å². The first-order valence-corrected chi connectivity index (χ1v) is 14.5. The molecule has 2 aromatic rings. The summed E-state index contributed by atoms with van der Waals surface area (Å²) in [4.78, 5) is 27.9. The molecule has 2 aromatic carbocycles. The Bertz CT molecular complexity index is 1220. The molecule has 2 saturated heterocycles. The van der Waals surface area contributed by atoms with Gasteiger partial charge in [0, 0.05) is 44.9 Å². The molecule has 2 amide bonds. The van der Waals surface area contributed by atoms with Crippen LogP contribution in [0.4, 0.5) is 4.79 Å². The van der Waals surface area contributed by atoms with Crippen molar-refractivity contribution < 1.29 is 33.8 Å². The zero-order valence-corrected chi connectivity index (χ0v) is 23.7. The highest BCUT2D eigenvalue weighted by atomic mass is 16.5. The fourth-order valence-electron chi connectivity index (χ4n) is 5.40. The summed E-state index contributed by atoms with van der Waals surface area (Å²) in [6.45, 7) is 2.45. The van der Waals surface area contributed by atoms with Crippen molar-refractivity contribution in [2.24, 2.45) is 0 Å². The summed E-state index contributed by atoms with van der Waals surface area (Å²) in [5.74, 6) is -1.19. The number of nitriles is 1. The van der Waals surface area contributed by atoms with E-state index in [1.54, 1.807) is 6.08 Å². The molecule has 2 aliphatic heterocycles. The van der Waals surface area contributed by atoms with Crippen LogP contribution in [0.5, 0.6) is 0 Å².